The van der Waals surface area contributed by atoms with Crippen molar-refractivity contribution in [1.82, 2.24) is 0 Å². The van der Waals surface area contributed by atoms with Gasteiger partial charge in [-0.3, -0.25) is 0 Å². The van der Waals surface area contributed by atoms with Gasteiger partial charge in [-0.2, -0.15) is 0 Å². The molecule has 0 aromatic carbocycles. The third-order valence-corrected chi connectivity index (χ3v) is 4.50. The van der Waals surface area contributed by atoms with Crippen LogP contribution in [0.1, 0.15) is 71.6 Å². The molecule has 1 aliphatic heterocycles. The SMILES string of the molecule is CCCCCCC1(C2(CCC)CC2)OCCO1. The van der Waals surface area contributed by atoms with E-state index in [2.05, 4.69) is 13.8 Å². The molecule has 0 aromatic heterocycles. The Balaban J connectivity index is 1.90. The Morgan fingerprint density at radius 1 is 0.824 bits per heavy atom. The summed E-state index contributed by atoms with van der Waals surface area (Å²) in [5.74, 6) is -0.198. The van der Waals surface area contributed by atoms with Crippen LogP contribution in [0.3, 0.4) is 0 Å². The van der Waals surface area contributed by atoms with Crippen LogP contribution in [-0.2, 0) is 9.47 Å². The Morgan fingerprint density at radius 3 is 2.06 bits per heavy atom. The average Bonchev–Trinajstić information content (AvgIpc) is 2.96. The van der Waals surface area contributed by atoms with Gasteiger partial charge in [-0.05, 0) is 25.7 Å². The monoisotopic (exact) mass is 240 g/mol. The van der Waals surface area contributed by atoms with Gasteiger partial charge in [-0.15, -0.1) is 0 Å². The summed E-state index contributed by atoms with van der Waals surface area (Å²) in [5, 5.41) is 0. The summed E-state index contributed by atoms with van der Waals surface area (Å²) in [7, 11) is 0. The molecular weight excluding hydrogens is 212 g/mol. The van der Waals surface area contributed by atoms with Crippen molar-refractivity contribution in [3.8, 4) is 0 Å². The minimum Gasteiger partial charge on any atom is -0.347 e. The van der Waals surface area contributed by atoms with Gasteiger partial charge < -0.3 is 9.47 Å². The van der Waals surface area contributed by atoms with Crippen LogP contribution in [0.4, 0.5) is 0 Å². The van der Waals surface area contributed by atoms with E-state index < -0.39 is 0 Å². The van der Waals surface area contributed by atoms with Gasteiger partial charge >= 0.3 is 0 Å². The third-order valence-electron chi connectivity index (χ3n) is 4.50. The molecule has 2 heteroatoms. The first-order valence-corrected chi connectivity index (χ1v) is 7.56. The van der Waals surface area contributed by atoms with Gasteiger partial charge in [0.05, 0.1) is 13.2 Å². The largest absolute Gasteiger partial charge is 0.347 e. The van der Waals surface area contributed by atoms with Crippen molar-refractivity contribution in [3.05, 3.63) is 0 Å². The van der Waals surface area contributed by atoms with E-state index in [1.807, 2.05) is 0 Å². The molecule has 0 unspecified atom stereocenters. The number of rotatable bonds is 8. The Hall–Kier alpha value is -0.0800. The van der Waals surface area contributed by atoms with Gasteiger partial charge in [0.15, 0.2) is 5.79 Å². The quantitative estimate of drug-likeness (QED) is 0.590. The smallest absolute Gasteiger partial charge is 0.174 e. The molecule has 0 aromatic rings. The second-order valence-corrected chi connectivity index (χ2v) is 5.79. The maximum absolute atomic E-state index is 6.08. The van der Waals surface area contributed by atoms with Crippen molar-refractivity contribution >= 4 is 0 Å². The summed E-state index contributed by atoms with van der Waals surface area (Å²) in [6.45, 7) is 6.15. The van der Waals surface area contributed by atoms with Crippen molar-refractivity contribution in [2.45, 2.75) is 77.4 Å². The van der Waals surface area contributed by atoms with Gasteiger partial charge in [0.2, 0.25) is 0 Å². The standard InChI is InChI=1S/C15H28O2/c1-3-5-6-7-9-15(16-12-13-17-15)14(8-4-2)10-11-14/h3-13H2,1-2H3. The van der Waals surface area contributed by atoms with E-state index in [9.17, 15) is 0 Å². The van der Waals surface area contributed by atoms with Gasteiger partial charge in [0.1, 0.15) is 0 Å². The number of unbranched alkanes of at least 4 members (excludes halogenated alkanes) is 3. The summed E-state index contributed by atoms with van der Waals surface area (Å²) >= 11 is 0. The first-order valence-electron chi connectivity index (χ1n) is 7.56. The van der Waals surface area contributed by atoms with E-state index in [0.29, 0.717) is 5.41 Å². The minimum absolute atomic E-state index is 0.198. The van der Waals surface area contributed by atoms with E-state index in [0.717, 1.165) is 19.6 Å². The molecule has 1 heterocycles. The lowest BCUT2D eigenvalue weighted by atomic mass is 9.86. The van der Waals surface area contributed by atoms with Crippen LogP contribution in [0.25, 0.3) is 0 Å². The summed E-state index contributed by atoms with van der Waals surface area (Å²) in [6, 6.07) is 0. The Kier molecular flexibility index (Phi) is 4.48. The molecule has 100 valence electrons. The topological polar surface area (TPSA) is 18.5 Å². The van der Waals surface area contributed by atoms with Crippen molar-refractivity contribution in [1.29, 1.82) is 0 Å². The van der Waals surface area contributed by atoms with Crippen molar-refractivity contribution in [2.75, 3.05) is 13.2 Å². The predicted octanol–water partition coefficient (Wildman–Crippen LogP) is 4.28. The van der Waals surface area contributed by atoms with Crippen LogP contribution in [0.2, 0.25) is 0 Å². The number of ether oxygens (including phenoxy) is 2. The van der Waals surface area contributed by atoms with Crippen LogP contribution in [0.15, 0.2) is 0 Å². The Labute approximate surface area is 106 Å². The molecule has 0 atom stereocenters. The number of hydrogen-bond acceptors (Lipinski definition) is 2. The maximum atomic E-state index is 6.08. The molecule has 2 aliphatic rings. The zero-order valence-electron chi connectivity index (χ0n) is 11.6. The molecule has 17 heavy (non-hydrogen) atoms. The Bertz CT molecular complexity index is 227. The zero-order valence-corrected chi connectivity index (χ0v) is 11.6. The second kappa shape index (κ2) is 5.71. The summed E-state index contributed by atoms with van der Waals surface area (Å²) in [4.78, 5) is 0. The molecule has 0 amide bonds. The highest BCUT2D eigenvalue weighted by Gasteiger charge is 2.61. The van der Waals surface area contributed by atoms with Crippen LogP contribution >= 0.6 is 0 Å². The molecule has 1 saturated heterocycles. The van der Waals surface area contributed by atoms with E-state index in [4.69, 9.17) is 9.47 Å². The van der Waals surface area contributed by atoms with Crippen LogP contribution in [0.5, 0.6) is 0 Å². The first kappa shape index (κ1) is 13.4. The van der Waals surface area contributed by atoms with E-state index in [1.165, 1.54) is 51.4 Å². The summed E-state index contributed by atoms with van der Waals surface area (Å²) in [5.41, 5.74) is 0.379. The fourth-order valence-electron chi connectivity index (χ4n) is 3.41. The van der Waals surface area contributed by atoms with Crippen LogP contribution in [-0.4, -0.2) is 19.0 Å². The van der Waals surface area contributed by atoms with Gasteiger partial charge in [-0.1, -0.05) is 39.5 Å². The zero-order chi connectivity index (χ0) is 12.2. The molecule has 2 nitrogen and oxygen atoms in total. The molecule has 2 rings (SSSR count). The first-order chi connectivity index (χ1) is 8.29. The fraction of sp³-hybridized carbons (Fsp3) is 1.00. The van der Waals surface area contributed by atoms with Gasteiger partial charge in [-0.25, -0.2) is 0 Å². The van der Waals surface area contributed by atoms with Gasteiger partial charge in [0, 0.05) is 11.8 Å². The highest BCUT2D eigenvalue weighted by atomic mass is 16.7. The molecule has 0 spiro atoms. The second-order valence-electron chi connectivity index (χ2n) is 5.79. The normalized spacial score (nSPS) is 25.1. The fourth-order valence-corrected chi connectivity index (χ4v) is 3.41. The van der Waals surface area contributed by atoms with E-state index in [1.54, 1.807) is 0 Å². The number of hydrogen-bond donors (Lipinski definition) is 0. The Morgan fingerprint density at radius 2 is 1.53 bits per heavy atom. The predicted molar refractivity (Wildman–Crippen MR) is 70.0 cm³/mol. The highest BCUT2D eigenvalue weighted by molar-refractivity contribution is 5.05. The molecule has 0 N–H and O–H groups in total. The van der Waals surface area contributed by atoms with Crippen molar-refractivity contribution < 1.29 is 9.47 Å². The highest BCUT2D eigenvalue weighted by Crippen LogP contribution is 2.61. The molecule has 2 fully saturated rings. The molecular formula is C15H28O2. The van der Waals surface area contributed by atoms with Crippen LogP contribution < -0.4 is 0 Å². The molecule has 0 bridgehead atoms. The summed E-state index contributed by atoms with van der Waals surface area (Å²) in [6.07, 6.45) is 11.5. The van der Waals surface area contributed by atoms with Crippen molar-refractivity contribution in [3.63, 3.8) is 0 Å². The van der Waals surface area contributed by atoms with E-state index >= 15 is 0 Å². The lowest BCUT2D eigenvalue weighted by Crippen LogP contribution is -2.41. The van der Waals surface area contributed by atoms with E-state index in [-0.39, 0.29) is 5.79 Å². The lowest BCUT2D eigenvalue weighted by molar-refractivity contribution is -0.213. The third kappa shape index (κ3) is 2.68. The minimum atomic E-state index is -0.198. The maximum Gasteiger partial charge on any atom is 0.174 e. The van der Waals surface area contributed by atoms with Crippen molar-refractivity contribution in [2.24, 2.45) is 5.41 Å². The molecule has 1 aliphatic carbocycles. The average molecular weight is 240 g/mol. The summed E-state index contributed by atoms with van der Waals surface area (Å²) < 4.78 is 12.2. The molecule has 0 radical (unpaired) electrons. The van der Waals surface area contributed by atoms with Gasteiger partial charge in [0.25, 0.3) is 0 Å². The molecule has 1 saturated carbocycles. The lowest BCUT2D eigenvalue weighted by Gasteiger charge is -2.36. The van der Waals surface area contributed by atoms with Crippen LogP contribution in [0, 0.1) is 5.41 Å².